The Morgan fingerprint density at radius 1 is 0.722 bits per heavy atom. The molecule has 102 valence electrons. The molecule has 1 aromatic heterocycles. The van der Waals surface area contributed by atoms with Crippen LogP contribution in [0.25, 0.3) is 0 Å². The molecule has 0 saturated carbocycles. The molecule has 0 spiro atoms. The summed E-state index contributed by atoms with van der Waals surface area (Å²) in [4.78, 5) is 3.22. The fourth-order valence-electron chi connectivity index (χ4n) is 3.05. The van der Waals surface area contributed by atoms with Crippen molar-refractivity contribution >= 4 is 11.3 Å². The topological polar surface area (TPSA) is 0 Å². The van der Waals surface area contributed by atoms with E-state index in [1.165, 1.54) is 81.9 Å². The summed E-state index contributed by atoms with van der Waals surface area (Å²) < 4.78 is 0. The van der Waals surface area contributed by atoms with Crippen LogP contribution in [0.5, 0.6) is 0 Å². The third-order valence-corrected chi connectivity index (χ3v) is 5.27. The van der Waals surface area contributed by atoms with Gasteiger partial charge in [0.15, 0.2) is 0 Å². The second-order valence-electron chi connectivity index (χ2n) is 5.84. The van der Waals surface area contributed by atoms with Crippen LogP contribution in [0.15, 0.2) is 6.07 Å². The summed E-state index contributed by atoms with van der Waals surface area (Å²) in [5.41, 5.74) is 1.68. The molecule has 0 bridgehead atoms. The predicted octanol–water partition coefficient (Wildman–Crippen LogP) is 6.06. The van der Waals surface area contributed by atoms with Crippen molar-refractivity contribution in [1.82, 2.24) is 0 Å². The van der Waals surface area contributed by atoms with E-state index in [2.05, 4.69) is 24.3 Å². The van der Waals surface area contributed by atoms with Gasteiger partial charge in [-0.25, -0.2) is 0 Å². The van der Waals surface area contributed by atoms with Gasteiger partial charge < -0.3 is 0 Å². The minimum Gasteiger partial charge on any atom is -0.145 e. The van der Waals surface area contributed by atoms with Crippen LogP contribution in [0.3, 0.4) is 0 Å². The average Bonchev–Trinajstić information content (AvgIpc) is 2.71. The zero-order chi connectivity index (χ0) is 12.6. The number of thiophene rings is 1. The second-order valence-corrected chi connectivity index (χ2v) is 7.18. The van der Waals surface area contributed by atoms with E-state index in [4.69, 9.17) is 0 Å². The Kier molecular flexibility index (Phi) is 6.26. The van der Waals surface area contributed by atoms with Crippen molar-refractivity contribution in [3.63, 3.8) is 0 Å². The first-order valence-electron chi connectivity index (χ1n) is 7.94. The maximum atomic E-state index is 2.45. The first-order chi connectivity index (χ1) is 8.86. The van der Waals surface area contributed by atoms with E-state index >= 15 is 0 Å². The molecule has 1 aliphatic rings. The molecule has 0 aliphatic heterocycles. The summed E-state index contributed by atoms with van der Waals surface area (Å²) in [6, 6.07) is 2.45. The van der Waals surface area contributed by atoms with Crippen LogP contribution < -0.4 is 0 Å². The standard InChI is InChI=1S/C17H28S/c1-15-14-16-12-10-8-6-4-2-3-5-7-9-11-13-17(16)18-15/h14H,2-13H2,1H3. The third-order valence-electron chi connectivity index (χ3n) is 4.12. The van der Waals surface area contributed by atoms with E-state index in [-0.39, 0.29) is 0 Å². The Labute approximate surface area is 117 Å². The van der Waals surface area contributed by atoms with Gasteiger partial charge in [0, 0.05) is 9.75 Å². The van der Waals surface area contributed by atoms with E-state index < -0.39 is 0 Å². The number of hydrogen-bond acceptors (Lipinski definition) is 1. The summed E-state index contributed by atoms with van der Waals surface area (Å²) in [6.45, 7) is 2.27. The highest BCUT2D eigenvalue weighted by atomic mass is 32.1. The largest absolute Gasteiger partial charge is 0.145 e. The fraction of sp³-hybridized carbons (Fsp3) is 0.765. The first kappa shape index (κ1) is 14.1. The van der Waals surface area contributed by atoms with Crippen molar-refractivity contribution in [3.8, 4) is 0 Å². The van der Waals surface area contributed by atoms with Crippen molar-refractivity contribution in [2.45, 2.75) is 84.0 Å². The molecule has 1 heterocycles. The Morgan fingerprint density at radius 3 is 1.83 bits per heavy atom. The van der Waals surface area contributed by atoms with E-state index in [1.54, 1.807) is 10.4 Å². The van der Waals surface area contributed by atoms with Crippen molar-refractivity contribution in [2.75, 3.05) is 0 Å². The smallest absolute Gasteiger partial charge is 0.00800 e. The Hall–Kier alpha value is -0.300. The highest BCUT2D eigenvalue weighted by Crippen LogP contribution is 2.26. The minimum absolute atomic E-state index is 1.33. The molecule has 1 aromatic rings. The number of aryl methyl sites for hydroxylation is 3. The number of rotatable bonds is 0. The van der Waals surface area contributed by atoms with Crippen LogP contribution in [-0.2, 0) is 12.8 Å². The maximum Gasteiger partial charge on any atom is 0.00800 e. The molecular formula is C17H28S. The van der Waals surface area contributed by atoms with Gasteiger partial charge in [0.25, 0.3) is 0 Å². The molecule has 1 heteroatoms. The lowest BCUT2D eigenvalue weighted by molar-refractivity contribution is 0.547. The summed E-state index contributed by atoms with van der Waals surface area (Å²) >= 11 is 2.05. The Balaban J connectivity index is 1.90. The molecule has 1 aliphatic carbocycles. The van der Waals surface area contributed by atoms with Gasteiger partial charge in [0.2, 0.25) is 0 Å². The third kappa shape index (κ3) is 4.76. The van der Waals surface area contributed by atoms with Crippen LogP contribution in [0, 0.1) is 6.92 Å². The molecule has 0 saturated heterocycles. The van der Waals surface area contributed by atoms with Crippen molar-refractivity contribution in [2.24, 2.45) is 0 Å². The molecule has 0 nitrogen and oxygen atoms in total. The molecule has 0 unspecified atom stereocenters. The Morgan fingerprint density at radius 2 is 1.22 bits per heavy atom. The van der Waals surface area contributed by atoms with Crippen molar-refractivity contribution in [1.29, 1.82) is 0 Å². The van der Waals surface area contributed by atoms with Gasteiger partial charge in [-0.05, 0) is 44.2 Å². The molecule has 0 aromatic carbocycles. The molecule has 0 amide bonds. The fourth-order valence-corrected chi connectivity index (χ4v) is 4.18. The van der Waals surface area contributed by atoms with Gasteiger partial charge in [-0.15, -0.1) is 11.3 Å². The summed E-state index contributed by atoms with van der Waals surface area (Å²) in [5, 5.41) is 0. The summed E-state index contributed by atoms with van der Waals surface area (Å²) in [5.74, 6) is 0. The molecule has 0 radical (unpaired) electrons. The van der Waals surface area contributed by atoms with E-state index in [9.17, 15) is 0 Å². The lowest BCUT2D eigenvalue weighted by atomic mass is 10.0. The minimum atomic E-state index is 1.33. The first-order valence-corrected chi connectivity index (χ1v) is 8.76. The van der Waals surface area contributed by atoms with Gasteiger partial charge in [-0.2, -0.15) is 0 Å². The molecular weight excluding hydrogens is 236 g/mol. The lowest BCUT2D eigenvalue weighted by Gasteiger charge is -2.07. The summed E-state index contributed by atoms with van der Waals surface area (Å²) in [7, 11) is 0. The van der Waals surface area contributed by atoms with Crippen LogP contribution in [0.4, 0.5) is 0 Å². The molecule has 18 heavy (non-hydrogen) atoms. The highest BCUT2D eigenvalue weighted by Gasteiger charge is 2.07. The molecule has 0 N–H and O–H groups in total. The predicted molar refractivity (Wildman–Crippen MR) is 82.6 cm³/mol. The second kappa shape index (κ2) is 7.99. The van der Waals surface area contributed by atoms with Gasteiger partial charge >= 0.3 is 0 Å². The number of fused-ring (bicyclic) bond motifs is 1. The van der Waals surface area contributed by atoms with E-state index in [1.807, 2.05) is 0 Å². The zero-order valence-corrected chi connectivity index (χ0v) is 12.8. The zero-order valence-electron chi connectivity index (χ0n) is 12.0. The monoisotopic (exact) mass is 264 g/mol. The normalized spacial score (nSPS) is 20.1. The van der Waals surface area contributed by atoms with E-state index in [0.717, 1.165) is 0 Å². The highest BCUT2D eigenvalue weighted by molar-refractivity contribution is 7.12. The van der Waals surface area contributed by atoms with Gasteiger partial charge in [0.05, 0.1) is 0 Å². The van der Waals surface area contributed by atoms with Gasteiger partial charge in [-0.3, -0.25) is 0 Å². The average molecular weight is 264 g/mol. The SMILES string of the molecule is Cc1cc2c(s1)CCCCCCCCCCCC2. The van der Waals surface area contributed by atoms with E-state index in [0.29, 0.717) is 0 Å². The number of hydrogen-bond donors (Lipinski definition) is 0. The van der Waals surface area contributed by atoms with Crippen LogP contribution in [0.2, 0.25) is 0 Å². The molecule has 0 atom stereocenters. The lowest BCUT2D eigenvalue weighted by Crippen LogP contribution is -1.92. The van der Waals surface area contributed by atoms with Crippen molar-refractivity contribution in [3.05, 3.63) is 21.4 Å². The quantitative estimate of drug-likeness (QED) is 0.534. The van der Waals surface area contributed by atoms with Crippen LogP contribution in [-0.4, -0.2) is 0 Å². The summed E-state index contributed by atoms with van der Waals surface area (Å²) in [6.07, 6.45) is 17.2. The van der Waals surface area contributed by atoms with Crippen molar-refractivity contribution < 1.29 is 0 Å². The molecule has 0 fully saturated rings. The Bertz CT molecular complexity index is 306. The van der Waals surface area contributed by atoms with Crippen LogP contribution >= 0.6 is 11.3 Å². The maximum absolute atomic E-state index is 2.45. The van der Waals surface area contributed by atoms with Gasteiger partial charge in [0.1, 0.15) is 0 Å². The van der Waals surface area contributed by atoms with Crippen LogP contribution in [0.1, 0.15) is 79.5 Å². The molecule has 2 rings (SSSR count). The van der Waals surface area contributed by atoms with Gasteiger partial charge in [-0.1, -0.05) is 51.4 Å².